The number of sulfone groups is 1. The largest absolute Gasteiger partial charge is 0.310 e. The minimum absolute atomic E-state index is 0.0987. The van der Waals surface area contributed by atoms with Crippen molar-refractivity contribution < 1.29 is 12.8 Å². The van der Waals surface area contributed by atoms with Crippen molar-refractivity contribution in [2.24, 2.45) is 5.92 Å². The van der Waals surface area contributed by atoms with Gasteiger partial charge in [0.05, 0.1) is 16.5 Å². The van der Waals surface area contributed by atoms with Crippen LogP contribution in [-0.4, -0.2) is 26.5 Å². The van der Waals surface area contributed by atoms with E-state index in [2.05, 4.69) is 21.2 Å². The first-order valence-electron chi connectivity index (χ1n) is 6.92. The molecule has 2 unspecified atom stereocenters. The van der Waals surface area contributed by atoms with Crippen molar-refractivity contribution in [1.82, 2.24) is 5.32 Å². The summed E-state index contributed by atoms with van der Waals surface area (Å²) in [5.41, 5.74) is 0.443. The summed E-state index contributed by atoms with van der Waals surface area (Å²) >= 11 is 9.26. The summed E-state index contributed by atoms with van der Waals surface area (Å²) in [7, 11) is -3.01. The second kappa shape index (κ2) is 6.94. The quantitative estimate of drug-likeness (QED) is 0.769. The first-order valence-corrected chi connectivity index (χ1v) is 9.91. The van der Waals surface area contributed by atoms with E-state index in [1.807, 2.05) is 6.92 Å². The molecule has 0 aliphatic carbocycles. The second-order valence-corrected chi connectivity index (χ2v) is 8.87. The summed E-state index contributed by atoms with van der Waals surface area (Å²) in [4.78, 5) is 0. The number of benzene rings is 1. The van der Waals surface area contributed by atoms with Crippen molar-refractivity contribution in [3.8, 4) is 0 Å². The maximum atomic E-state index is 14.3. The van der Waals surface area contributed by atoms with Crippen LogP contribution in [0.1, 0.15) is 31.4 Å². The van der Waals surface area contributed by atoms with Gasteiger partial charge >= 0.3 is 0 Å². The third-order valence-electron chi connectivity index (χ3n) is 3.73. The predicted molar refractivity (Wildman–Crippen MR) is 86.9 cm³/mol. The van der Waals surface area contributed by atoms with Crippen molar-refractivity contribution in [1.29, 1.82) is 0 Å². The molecule has 1 fully saturated rings. The molecule has 0 saturated carbocycles. The van der Waals surface area contributed by atoms with Crippen LogP contribution in [0.4, 0.5) is 4.39 Å². The summed E-state index contributed by atoms with van der Waals surface area (Å²) in [5, 5.41) is 3.70. The van der Waals surface area contributed by atoms with E-state index >= 15 is 0 Å². The van der Waals surface area contributed by atoms with Crippen molar-refractivity contribution in [2.45, 2.75) is 25.8 Å². The van der Waals surface area contributed by atoms with Gasteiger partial charge in [0.15, 0.2) is 9.84 Å². The van der Waals surface area contributed by atoms with Gasteiger partial charge in [-0.15, -0.1) is 0 Å². The Labute approximate surface area is 138 Å². The zero-order valence-electron chi connectivity index (χ0n) is 11.7. The lowest BCUT2D eigenvalue weighted by Crippen LogP contribution is -2.30. The highest BCUT2D eigenvalue weighted by Crippen LogP contribution is 2.36. The Hall–Kier alpha value is -0.170. The van der Waals surface area contributed by atoms with Crippen LogP contribution in [0.5, 0.6) is 0 Å². The molecular formula is C14H18BrClFNO2S. The number of halogens is 3. The molecular weight excluding hydrogens is 381 g/mol. The van der Waals surface area contributed by atoms with E-state index in [0.717, 1.165) is 6.42 Å². The first-order chi connectivity index (χ1) is 9.84. The molecule has 2 rings (SSSR count). The van der Waals surface area contributed by atoms with E-state index in [1.165, 1.54) is 6.07 Å². The molecule has 1 aliphatic rings. The molecule has 0 spiro atoms. The van der Waals surface area contributed by atoms with Crippen LogP contribution >= 0.6 is 27.5 Å². The molecule has 2 atom stereocenters. The molecule has 1 saturated heterocycles. The highest BCUT2D eigenvalue weighted by Gasteiger charge is 2.35. The molecule has 1 aliphatic heterocycles. The lowest BCUT2D eigenvalue weighted by Gasteiger charge is -2.25. The van der Waals surface area contributed by atoms with Crippen molar-refractivity contribution in [2.75, 3.05) is 18.1 Å². The Morgan fingerprint density at radius 2 is 2.24 bits per heavy atom. The molecule has 0 aromatic heterocycles. The minimum Gasteiger partial charge on any atom is -0.310 e. The Balaban J connectivity index is 2.34. The maximum Gasteiger partial charge on any atom is 0.150 e. The van der Waals surface area contributed by atoms with E-state index < -0.39 is 9.84 Å². The fourth-order valence-corrected chi connectivity index (χ4v) is 5.02. The summed E-state index contributed by atoms with van der Waals surface area (Å²) in [6.45, 7) is 2.72. The van der Waals surface area contributed by atoms with E-state index in [4.69, 9.17) is 11.6 Å². The molecule has 0 radical (unpaired) electrons. The highest BCUT2D eigenvalue weighted by atomic mass is 79.9. The van der Waals surface area contributed by atoms with Gasteiger partial charge in [-0.3, -0.25) is 0 Å². The fourth-order valence-electron chi connectivity index (χ4n) is 2.69. The van der Waals surface area contributed by atoms with E-state index in [9.17, 15) is 12.8 Å². The van der Waals surface area contributed by atoms with E-state index in [1.54, 1.807) is 6.07 Å². The van der Waals surface area contributed by atoms with E-state index in [-0.39, 0.29) is 29.3 Å². The molecule has 0 bridgehead atoms. The van der Waals surface area contributed by atoms with Gasteiger partial charge in [0.2, 0.25) is 0 Å². The zero-order chi connectivity index (χ0) is 15.6. The van der Waals surface area contributed by atoms with Gasteiger partial charge in [-0.05, 0) is 53.4 Å². The average Bonchev–Trinajstić information content (AvgIpc) is 2.76. The summed E-state index contributed by atoms with van der Waals surface area (Å²) in [6.07, 6.45) is 1.44. The third-order valence-corrected chi connectivity index (χ3v) is 6.72. The van der Waals surface area contributed by atoms with Crippen molar-refractivity contribution in [3.63, 3.8) is 0 Å². The van der Waals surface area contributed by atoms with Crippen LogP contribution in [-0.2, 0) is 9.84 Å². The lowest BCUT2D eigenvalue weighted by atomic mass is 9.92. The van der Waals surface area contributed by atoms with Crippen LogP contribution in [0.3, 0.4) is 0 Å². The molecule has 3 nitrogen and oxygen atoms in total. The van der Waals surface area contributed by atoms with Crippen molar-refractivity contribution in [3.05, 3.63) is 33.0 Å². The fraction of sp³-hybridized carbons (Fsp3) is 0.571. The van der Waals surface area contributed by atoms with Gasteiger partial charge in [-0.1, -0.05) is 18.5 Å². The van der Waals surface area contributed by atoms with Gasteiger partial charge in [-0.25, -0.2) is 12.8 Å². The molecule has 118 valence electrons. The number of nitrogens with one attached hydrogen (secondary N) is 1. The van der Waals surface area contributed by atoms with Gasteiger partial charge in [-0.2, -0.15) is 0 Å². The van der Waals surface area contributed by atoms with Crippen LogP contribution in [0.2, 0.25) is 5.02 Å². The highest BCUT2D eigenvalue weighted by molar-refractivity contribution is 9.10. The standard InChI is InChI=1S/C14H18BrClFNO2S/c1-2-4-18-14(9-3-5-21(19,20)8-9)10-6-12(16)11(15)7-13(10)17/h6-7,9,14,18H,2-5,8H2,1H3. The second-order valence-electron chi connectivity index (χ2n) is 5.38. The molecule has 0 amide bonds. The van der Waals surface area contributed by atoms with Gasteiger partial charge in [0, 0.05) is 16.1 Å². The average molecular weight is 399 g/mol. The third kappa shape index (κ3) is 4.18. The number of hydrogen-bond acceptors (Lipinski definition) is 3. The predicted octanol–water partition coefficient (Wildman–Crippen LogP) is 3.72. The van der Waals surface area contributed by atoms with Crippen molar-refractivity contribution >= 4 is 37.4 Å². The van der Waals surface area contributed by atoms with Crippen LogP contribution in [0.25, 0.3) is 0 Å². The number of hydrogen-bond donors (Lipinski definition) is 1. The van der Waals surface area contributed by atoms with Crippen LogP contribution < -0.4 is 5.32 Å². The number of rotatable bonds is 5. The van der Waals surface area contributed by atoms with Gasteiger partial charge in [0.1, 0.15) is 5.82 Å². The Bertz CT molecular complexity index is 624. The lowest BCUT2D eigenvalue weighted by molar-refractivity contribution is 0.380. The summed E-state index contributed by atoms with van der Waals surface area (Å²) in [6, 6.07) is 2.59. The minimum atomic E-state index is -3.01. The molecule has 1 N–H and O–H groups in total. The normalized spacial score (nSPS) is 22.4. The molecule has 1 aromatic carbocycles. The smallest absolute Gasteiger partial charge is 0.150 e. The SMILES string of the molecule is CCCNC(c1cc(Cl)c(Br)cc1F)C1CCS(=O)(=O)C1. The monoisotopic (exact) mass is 397 g/mol. The van der Waals surface area contributed by atoms with Gasteiger partial charge in [0.25, 0.3) is 0 Å². The molecule has 1 aromatic rings. The topological polar surface area (TPSA) is 46.2 Å². The Morgan fingerprint density at radius 3 is 2.81 bits per heavy atom. The molecule has 21 heavy (non-hydrogen) atoms. The maximum absolute atomic E-state index is 14.3. The van der Waals surface area contributed by atoms with Gasteiger partial charge < -0.3 is 5.32 Å². The Morgan fingerprint density at radius 1 is 1.52 bits per heavy atom. The van der Waals surface area contributed by atoms with E-state index in [0.29, 0.717) is 28.0 Å². The zero-order valence-corrected chi connectivity index (χ0v) is 14.9. The summed E-state index contributed by atoms with van der Waals surface area (Å²) in [5.74, 6) is -0.215. The first kappa shape index (κ1) is 17.2. The van der Waals surface area contributed by atoms with Crippen LogP contribution in [0, 0.1) is 11.7 Å². The Kier molecular flexibility index (Phi) is 5.68. The molecule has 7 heteroatoms. The molecule has 1 heterocycles. The summed E-state index contributed by atoms with van der Waals surface area (Å²) < 4.78 is 38.2. The van der Waals surface area contributed by atoms with Crippen LogP contribution in [0.15, 0.2) is 16.6 Å².